The van der Waals surface area contributed by atoms with E-state index >= 15 is 0 Å². The number of nitrogens with one attached hydrogen (secondary N) is 1. The number of esters is 1. The fraction of sp³-hybridized carbons (Fsp3) is 0.286. The lowest BCUT2D eigenvalue weighted by molar-refractivity contribution is -0.145. The normalized spacial score (nSPS) is 11.3. The lowest BCUT2D eigenvalue weighted by Crippen LogP contribution is -2.26. The number of Topliss-reactive ketones (excluding diaryl/α,β-unsaturated/α-hetero) is 1. The summed E-state index contributed by atoms with van der Waals surface area (Å²) in [6.07, 6.45) is 0. The molecule has 110 valence electrons. The third-order valence-electron chi connectivity index (χ3n) is 2.43. The number of nitriles is 1. The number of benzene rings is 1. The molecule has 1 atom stereocenters. The van der Waals surface area contributed by atoms with Gasteiger partial charge in [0.1, 0.15) is 5.92 Å². The van der Waals surface area contributed by atoms with Gasteiger partial charge in [0.05, 0.1) is 11.8 Å². The molecule has 0 saturated heterocycles. The molecule has 0 aliphatic heterocycles. The molecule has 1 N–H and O–H groups in total. The molecule has 0 bridgehead atoms. The Morgan fingerprint density at radius 1 is 1.43 bits per heavy atom. The van der Waals surface area contributed by atoms with Gasteiger partial charge in [0, 0.05) is 15.1 Å². The average Bonchev–Trinajstić information content (AvgIpc) is 2.45. The number of carbonyl (C=O) groups is 2. The second-order valence-corrected chi connectivity index (χ2v) is 6.08. The highest BCUT2D eigenvalue weighted by atomic mass is 79.9. The number of nitrogens with zero attached hydrogens (tertiary/aromatic N) is 1. The van der Waals surface area contributed by atoms with Crippen molar-refractivity contribution in [3.8, 4) is 6.07 Å². The maximum Gasteiger partial charge on any atom is 0.316 e. The summed E-state index contributed by atoms with van der Waals surface area (Å²) >= 11 is 4.61. The molecule has 0 saturated carbocycles. The highest BCUT2D eigenvalue weighted by molar-refractivity contribution is 9.10. The summed E-state index contributed by atoms with van der Waals surface area (Å²) in [6.45, 7) is 0.894. The van der Waals surface area contributed by atoms with Gasteiger partial charge in [0.2, 0.25) is 0 Å². The minimum absolute atomic E-state index is 0.0530. The molecule has 0 spiro atoms. The molecule has 0 aromatic heterocycles. The quantitative estimate of drug-likeness (QED) is 0.453. The van der Waals surface area contributed by atoms with E-state index in [1.165, 1.54) is 18.7 Å². The van der Waals surface area contributed by atoms with Crippen LogP contribution in [0.2, 0.25) is 0 Å². The van der Waals surface area contributed by atoms with E-state index in [-0.39, 0.29) is 11.5 Å². The van der Waals surface area contributed by atoms with Gasteiger partial charge in [-0.25, -0.2) is 0 Å². The molecule has 5 nitrogen and oxygen atoms in total. The summed E-state index contributed by atoms with van der Waals surface area (Å²) in [6, 6.07) is 9.16. The molecule has 0 fully saturated rings. The van der Waals surface area contributed by atoms with E-state index in [2.05, 4.69) is 15.9 Å². The van der Waals surface area contributed by atoms with Crippen LogP contribution in [0.3, 0.4) is 0 Å². The van der Waals surface area contributed by atoms with Gasteiger partial charge in [-0.15, -0.1) is 11.8 Å². The molecule has 0 aliphatic carbocycles. The summed E-state index contributed by atoms with van der Waals surface area (Å²) < 4.78 is 5.76. The van der Waals surface area contributed by atoms with E-state index in [1.54, 1.807) is 6.07 Å². The standard InChI is InChI=1S/C14H13BrN2O3S/c1-9(17)12(6-16)13(18)7-20-14(19)8-21-11-4-2-10(15)3-5-11/h2-5,12,17H,7-8H2,1H3. The first kappa shape index (κ1) is 17.4. The second-order valence-electron chi connectivity index (χ2n) is 4.11. The maximum absolute atomic E-state index is 11.6. The van der Waals surface area contributed by atoms with E-state index in [1.807, 2.05) is 24.3 Å². The number of thioether (sulfide) groups is 1. The average molecular weight is 369 g/mol. The van der Waals surface area contributed by atoms with E-state index in [9.17, 15) is 9.59 Å². The van der Waals surface area contributed by atoms with E-state index in [0.717, 1.165) is 9.37 Å². The van der Waals surface area contributed by atoms with E-state index in [0.29, 0.717) is 0 Å². The van der Waals surface area contributed by atoms with Crippen LogP contribution in [0.5, 0.6) is 0 Å². The zero-order chi connectivity index (χ0) is 15.8. The highest BCUT2D eigenvalue weighted by Crippen LogP contribution is 2.20. The Morgan fingerprint density at radius 3 is 2.57 bits per heavy atom. The Bertz CT molecular complexity index is 581. The predicted octanol–water partition coefficient (Wildman–Crippen LogP) is 2.83. The first-order valence-corrected chi connectivity index (χ1v) is 7.73. The van der Waals surface area contributed by atoms with Crippen LogP contribution in [0.4, 0.5) is 0 Å². The number of rotatable bonds is 7. The molecule has 7 heteroatoms. The van der Waals surface area contributed by atoms with Crippen LogP contribution in [0.15, 0.2) is 33.6 Å². The molecule has 1 aromatic rings. The fourth-order valence-corrected chi connectivity index (χ4v) is 2.32. The van der Waals surface area contributed by atoms with E-state index in [4.69, 9.17) is 15.4 Å². The number of hydrogen-bond donors (Lipinski definition) is 1. The van der Waals surface area contributed by atoms with Crippen LogP contribution < -0.4 is 0 Å². The van der Waals surface area contributed by atoms with Crippen LogP contribution in [0.25, 0.3) is 0 Å². The van der Waals surface area contributed by atoms with Crippen molar-refractivity contribution in [1.29, 1.82) is 10.7 Å². The Morgan fingerprint density at radius 2 is 2.05 bits per heavy atom. The van der Waals surface area contributed by atoms with Crippen molar-refractivity contribution in [3.63, 3.8) is 0 Å². The van der Waals surface area contributed by atoms with Gasteiger partial charge in [-0.2, -0.15) is 5.26 Å². The molecule has 0 amide bonds. The van der Waals surface area contributed by atoms with Crippen molar-refractivity contribution in [1.82, 2.24) is 0 Å². The van der Waals surface area contributed by atoms with Crippen molar-refractivity contribution in [2.45, 2.75) is 11.8 Å². The van der Waals surface area contributed by atoms with Crippen LogP contribution >= 0.6 is 27.7 Å². The van der Waals surface area contributed by atoms with Crippen molar-refractivity contribution in [3.05, 3.63) is 28.7 Å². The Labute approximate surface area is 135 Å². The summed E-state index contributed by atoms with van der Waals surface area (Å²) in [5.74, 6) is -2.17. The molecular formula is C14H13BrN2O3S. The van der Waals surface area contributed by atoms with Crippen molar-refractivity contribution < 1.29 is 14.3 Å². The lowest BCUT2D eigenvalue weighted by Gasteiger charge is -2.07. The van der Waals surface area contributed by atoms with Crippen LogP contribution in [0, 0.1) is 22.7 Å². The molecule has 1 unspecified atom stereocenters. The van der Waals surface area contributed by atoms with Gasteiger partial charge in [-0.05, 0) is 31.2 Å². The number of ether oxygens (including phenoxy) is 1. The van der Waals surface area contributed by atoms with Crippen LogP contribution in [-0.2, 0) is 14.3 Å². The molecule has 1 aromatic carbocycles. The highest BCUT2D eigenvalue weighted by Gasteiger charge is 2.21. The second kappa shape index (κ2) is 8.60. The first-order valence-electron chi connectivity index (χ1n) is 5.95. The lowest BCUT2D eigenvalue weighted by atomic mass is 10.0. The van der Waals surface area contributed by atoms with Gasteiger partial charge < -0.3 is 10.1 Å². The Kier molecular flexibility index (Phi) is 7.12. The smallest absolute Gasteiger partial charge is 0.316 e. The predicted molar refractivity (Wildman–Crippen MR) is 83.3 cm³/mol. The monoisotopic (exact) mass is 368 g/mol. The SMILES string of the molecule is CC(=N)C(C#N)C(=O)COC(=O)CSc1ccc(Br)cc1. The number of ketones is 1. The fourth-order valence-electron chi connectivity index (χ4n) is 1.36. The number of carbonyl (C=O) groups excluding carboxylic acids is 2. The zero-order valence-electron chi connectivity index (χ0n) is 11.3. The van der Waals surface area contributed by atoms with Crippen LogP contribution in [-0.4, -0.2) is 29.8 Å². The van der Waals surface area contributed by atoms with Gasteiger partial charge in [0.25, 0.3) is 0 Å². The topological polar surface area (TPSA) is 91.0 Å². The largest absolute Gasteiger partial charge is 0.457 e. The molecular weight excluding hydrogens is 356 g/mol. The van der Waals surface area contributed by atoms with Crippen molar-refractivity contribution in [2.24, 2.45) is 5.92 Å². The third kappa shape index (κ3) is 6.10. The molecule has 0 aliphatic rings. The van der Waals surface area contributed by atoms with Crippen molar-refractivity contribution in [2.75, 3.05) is 12.4 Å². The van der Waals surface area contributed by atoms with Gasteiger partial charge in [-0.3, -0.25) is 9.59 Å². The third-order valence-corrected chi connectivity index (χ3v) is 3.94. The minimum atomic E-state index is -1.14. The summed E-state index contributed by atoms with van der Waals surface area (Å²) in [5.41, 5.74) is -0.0530. The van der Waals surface area contributed by atoms with Crippen LogP contribution in [0.1, 0.15) is 6.92 Å². The molecule has 0 heterocycles. The van der Waals surface area contributed by atoms with Gasteiger partial charge >= 0.3 is 5.97 Å². The molecule has 0 radical (unpaired) electrons. The number of hydrogen-bond acceptors (Lipinski definition) is 6. The Hall–Kier alpha value is -1.65. The minimum Gasteiger partial charge on any atom is -0.457 e. The molecule has 1 rings (SSSR count). The van der Waals surface area contributed by atoms with E-state index < -0.39 is 24.3 Å². The summed E-state index contributed by atoms with van der Waals surface area (Å²) in [7, 11) is 0. The zero-order valence-corrected chi connectivity index (χ0v) is 13.7. The van der Waals surface area contributed by atoms with Gasteiger partial charge in [-0.1, -0.05) is 15.9 Å². The Balaban J connectivity index is 2.38. The summed E-state index contributed by atoms with van der Waals surface area (Å²) in [5, 5.41) is 16.0. The van der Waals surface area contributed by atoms with Crippen molar-refractivity contribution >= 4 is 45.2 Å². The maximum atomic E-state index is 11.6. The molecule has 21 heavy (non-hydrogen) atoms. The summed E-state index contributed by atoms with van der Waals surface area (Å²) in [4.78, 5) is 24.0. The number of halogens is 1. The first-order chi connectivity index (χ1) is 9.93. The van der Waals surface area contributed by atoms with Gasteiger partial charge in [0.15, 0.2) is 12.4 Å².